The van der Waals surface area contributed by atoms with E-state index in [-0.39, 0.29) is 5.41 Å². The normalized spacial score (nSPS) is 16.0. The van der Waals surface area contributed by atoms with Gasteiger partial charge in [-0.2, -0.15) is 0 Å². The first kappa shape index (κ1) is 12.4. The van der Waals surface area contributed by atoms with Gasteiger partial charge >= 0.3 is 0 Å². The maximum absolute atomic E-state index is 5.47. The fourth-order valence-corrected chi connectivity index (χ4v) is 1.25. The summed E-state index contributed by atoms with van der Waals surface area (Å²) in [6.45, 7) is 6.58. The Morgan fingerprint density at radius 3 is 2.42 bits per heavy atom. The molecule has 0 saturated carbocycles. The van der Waals surface area contributed by atoms with Crippen molar-refractivity contribution in [2.45, 2.75) is 20.3 Å². The number of ether oxygens (including phenoxy) is 2. The molecule has 12 heavy (non-hydrogen) atoms. The SMILES string of the molecule is CCC(C)(CBr)COCCOC. The number of rotatable bonds is 7. The van der Waals surface area contributed by atoms with Crippen LogP contribution in [0.5, 0.6) is 0 Å². The monoisotopic (exact) mass is 238 g/mol. The van der Waals surface area contributed by atoms with E-state index in [1.807, 2.05) is 0 Å². The molecular weight excluding hydrogens is 220 g/mol. The highest BCUT2D eigenvalue weighted by atomic mass is 79.9. The largest absolute Gasteiger partial charge is 0.382 e. The Bertz CT molecular complexity index is 103. The Morgan fingerprint density at radius 1 is 1.33 bits per heavy atom. The van der Waals surface area contributed by atoms with E-state index in [4.69, 9.17) is 9.47 Å². The molecule has 0 aromatic carbocycles. The first-order valence-corrected chi connectivity index (χ1v) is 5.43. The summed E-state index contributed by atoms with van der Waals surface area (Å²) >= 11 is 3.49. The zero-order chi connectivity index (χ0) is 9.45. The number of hydrogen-bond acceptors (Lipinski definition) is 2. The summed E-state index contributed by atoms with van der Waals surface area (Å²) in [5, 5.41) is 0.990. The summed E-state index contributed by atoms with van der Waals surface area (Å²) in [6.07, 6.45) is 1.13. The van der Waals surface area contributed by atoms with Crippen molar-refractivity contribution in [2.75, 3.05) is 32.3 Å². The Balaban J connectivity index is 3.45. The van der Waals surface area contributed by atoms with Crippen LogP contribution in [0.4, 0.5) is 0 Å². The molecule has 0 spiro atoms. The van der Waals surface area contributed by atoms with E-state index in [1.54, 1.807) is 7.11 Å². The molecule has 0 heterocycles. The molecule has 0 saturated heterocycles. The predicted octanol–water partition coefficient (Wildman–Crippen LogP) is 2.46. The summed E-state index contributed by atoms with van der Waals surface area (Å²) in [7, 11) is 1.69. The number of alkyl halides is 1. The minimum absolute atomic E-state index is 0.272. The van der Waals surface area contributed by atoms with Crippen LogP contribution >= 0.6 is 15.9 Å². The average molecular weight is 239 g/mol. The van der Waals surface area contributed by atoms with Gasteiger partial charge in [0.05, 0.1) is 19.8 Å². The molecule has 0 rings (SSSR count). The van der Waals surface area contributed by atoms with Crippen LogP contribution in [0.15, 0.2) is 0 Å². The van der Waals surface area contributed by atoms with Crippen LogP contribution in [0, 0.1) is 5.41 Å². The lowest BCUT2D eigenvalue weighted by Gasteiger charge is -2.25. The van der Waals surface area contributed by atoms with Gasteiger partial charge in [0.25, 0.3) is 0 Å². The van der Waals surface area contributed by atoms with Crippen molar-refractivity contribution in [1.29, 1.82) is 0 Å². The second-order valence-corrected chi connectivity index (χ2v) is 3.90. The van der Waals surface area contributed by atoms with Crippen molar-refractivity contribution in [2.24, 2.45) is 5.41 Å². The zero-order valence-electron chi connectivity index (χ0n) is 8.23. The number of hydrogen-bond donors (Lipinski definition) is 0. The molecule has 0 aliphatic carbocycles. The van der Waals surface area contributed by atoms with Gasteiger partial charge in [-0.05, 0) is 6.42 Å². The molecule has 0 bridgehead atoms. The summed E-state index contributed by atoms with van der Waals surface area (Å²) in [6, 6.07) is 0. The van der Waals surface area contributed by atoms with Gasteiger partial charge in [-0.1, -0.05) is 29.8 Å². The molecule has 0 radical (unpaired) electrons. The molecule has 0 amide bonds. The van der Waals surface area contributed by atoms with Crippen LogP contribution in [-0.4, -0.2) is 32.3 Å². The molecule has 2 nitrogen and oxygen atoms in total. The van der Waals surface area contributed by atoms with Gasteiger partial charge < -0.3 is 9.47 Å². The molecule has 74 valence electrons. The molecule has 0 aliphatic rings. The maximum atomic E-state index is 5.47. The van der Waals surface area contributed by atoms with Gasteiger partial charge in [0.1, 0.15) is 0 Å². The second kappa shape index (κ2) is 6.87. The van der Waals surface area contributed by atoms with Gasteiger partial charge in [0.15, 0.2) is 0 Å². The molecule has 0 aromatic rings. The third-order valence-electron chi connectivity index (χ3n) is 2.06. The number of methoxy groups -OCH3 is 1. The van der Waals surface area contributed by atoms with E-state index in [2.05, 4.69) is 29.8 Å². The fraction of sp³-hybridized carbons (Fsp3) is 1.00. The van der Waals surface area contributed by atoms with Gasteiger partial charge in [0.2, 0.25) is 0 Å². The van der Waals surface area contributed by atoms with Crippen molar-refractivity contribution < 1.29 is 9.47 Å². The minimum atomic E-state index is 0.272. The summed E-state index contributed by atoms with van der Waals surface area (Å²) in [4.78, 5) is 0. The minimum Gasteiger partial charge on any atom is -0.382 e. The Labute approximate surface area is 83.8 Å². The Kier molecular flexibility index (Phi) is 7.10. The van der Waals surface area contributed by atoms with Gasteiger partial charge in [-0.25, -0.2) is 0 Å². The van der Waals surface area contributed by atoms with Crippen molar-refractivity contribution in [3.8, 4) is 0 Å². The predicted molar refractivity (Wildman–Crippen MR) is 54.9 cm³/mol. The van der Waals surface area contributed by atoms with Crippen LogP contribution in [0.3, 0.4) is 0 Å². The van der Waals surface area contributed by atoms with Crippen LogP contribution < -0.4 is 0 Å². The van der Waals surface area contributed by atoms with E-state index in [1.165, 1.54) is 0 Å². The third kappa shape index (κ3) is 5.12. The maximum Gasteiger partial charge on any atom is 0.0700 e. The lowest BCUT2D eigenvalue weighted by atomic mass is 9.92. The lowest BCUT2D eigenvalue weighted by Crippen LogP contribution is -2.25. The molecular formula is C9H19BrO2. The Hall–Kier alpha value is 0.400. The zero-order valence-corrected chi connectivity index (χ0v) is 9.82. The van der Waals surface area contributed by atoms with E-state index >= 15 is 0 Å². The quantitative estimate of drug-likeness (QED) is 0.502. The highest BCUT2D eigenvalue weighted by molar-refractivity contribution is 9.09. The third-order valence-corrected chi connectivity index (χ3v) is 3.41. The topological polar surface area (TPSA) is 18.5 Å². The van der Waals surface area contributed by atoms with E-state index in [0.29, 0.717) is 13.2 Å². The van der Waals surface area contributed by atoms with Crippen LogP contribution in [-0.2, 0) is 9.47 Å². The highest BCUT2D eigenvalue weighted by Crippen LogP contribution is 2.23. The molecule has 1 unspecified atom stereocenters. The molecule has 0 N–H and O–H groups in total. The summed E-state index contributed by atoms with van der Waals surface area (Å²) < 4.78 is 10.4. The van der Waals surface area contributed by atoms with Crippen molar-refractivity contribution in [3.05, 3.63) is 0 Å². The molecule has 1 atom stereocenters. The first-order chi connectivity index (χ1) is 5.68. The first-order valence-electron chi connectivity index (χ1n) is 4.31. The van der Waals surface area contributed by atoms with Crippen LogP contribution in [0.25, 0.3) is 0 Å². The summed E-state index contributed by atoms with van der Waals surface area (Å²) in [5.41, 5.74) is 0.272. The fourth-order valence-electron chi connectivity index (χ4n) is 0.696. The van der Waals surface area contributed by atoms with Gasteiger partial charge in [0, 0.05) is 17.9 Å². The molecule has 0 aromatic heterocycles. The second-order valence-electron chi connectivity index (χ2n) is 3.34. The smallest absolute Gasteiger partial charge is 0.0700 e. The molecule has 0 aliphatic heterocycles. The number of halogens is 1. The van der Waals surface area contributed by atoms with Gasteiger partial charge in [-0.15, -0.1) is 0 Å². The van der Waals surface area contributed by atoms with Crippen molar-refractivity contribution >= 4 is 15.9 Å². The standard InChI is InChI=1S/C9H19BrO2/c1-4-9(2,7-10)8-12-6-5-11-3/h4-8H2,1-3H3. The van der Waals surface area contributed by atoms with Gasteiger partial charge in [-0.3, -0.25) is 0 Å². The molecule has 3 heteroatoms. The summed E-state index contributed by atoms with van der Waals surface area (Å²) in [5.74, 6) is 0. The van der Waals surface area contributed by atoms with E-state index in [0.717, 1.165) is 18.4 Å². The Morgan fingerprint density at radius 2 is 2.00 bits per heavy atom. The average Bonchev–Trinajstić information content (AvgIpc) is 2.12. The van der Waals surface area contributed by atoms with Crippen LogP contribution in [0.1, 0.15) is 20.3 Å². The van der Waals surface area contributed by atoms with E-state index in [9.17, 15) is 0 Å². The highest BCUT2D eigenvalue weighted by Gasteiger charge is 2.20. The molecule has 0 fully saturated rings. The van der Waals surface area contributed by atoms with Crippen LogP contribution in [0.2, 0.25) is 0 Å². The van der Waals surface area contributed by atoms with Crippen molar-refractivity contribution in [3.63, 3.8) is 0 Å². The van der Waals surface area contributed by atoms with Crippen molar-refractivity contribution in [1.82, 2.24) is 0 Å². The lowest BCUT2D eigenvalue weighted by molar-refractivity contribution is 0.0286. The van der Waals surface area contributed by atoms with E-state index < -0.39 is 0 Å².